The number of hydrogen-bond acceptors (Lipinski definition) is 9. The van der Waals surface area contributed by atoms with Gasteiger partial charge in [0.2, 0.25) is 5.88 Å². The topological polar surface area (TPSA) is 92.9 Å². The molecule has 15 heteroatoms. The lowest BCUT2D eigenvalue weighted by Gasteiger charge is -2.31. The zero-order chi connectivity index (χ0) is 32.3. The smallest absolute Gasteiger partial charge is 0.418 e. The van der Waals surface area contributed by atoms with E-state index in [0.29, 0.717) is 25.3 Å². The second-order valence-electron chi connectivity index (χ2n) is 12.4. The molecule has 0 spiro atoms. The number of halogens is 6. The Morgan fingerprint density at radius 1 is 1.22 bits per heavy atom. The van der Waals surface area contributed by atoms with Crippen molar-refractivity contribution >= 4 is 34.0 Å². The van der Waals surface area contributed by atoms with E-state index in [0.717, 1.165) is 44.5 Å². The van der Waals surface area contributed by atoms with Crippen molar-refractivity contribution in [1.82, 2.24) is 24.8 Å². The van der Waals surface area contributed by atoms with Gasteiger partial charge >= 0.3 is 12.2 Å². The van der Waals surface area contributed by atoms with Gasteiger partial charge in [-0.15, -0.1) is 0 Å². The Morgan fingerprint density at radius 3 is 2.73 bits per heavy atom. The summed E-state index contributed by atoms with van der Waals surface area (Å²) in [5.41, 5.74) is 2.32. The van der Waals surface area contributed by atoms with Crippen LogP contribution in [0, 0.1) is 5.82 Å². The average molecular weight is 656 g/mol. The Bertz CT molecular complexity index is 1610. The molecule has 2 fully saturated rings. The molecule has 244 valence electrons. The fourth-order valence-corrected chi connectivity index (χ4v) is 7.13. The van der Waals surface area contributed by atoms with E-state index in [4.69, 9.17) is 31.8 Å². The summed E-state index contributed by atoms with van der Waals surface area (Å²) in [5.74, 6) is -0.955. The van der Waals surface area contributed by atoms with E-state index in [1.165, 1.54) is 0 Å². The molecule has 2 N–H and O–H groups in total. The van der Waals surface area contributed by atoms with E-state index in [9.17, 15) is 17.6 Å². The van der Waals surface area contributed by atoms with Gasteiger partial charge < -0.3 is 25.0 Å². The molecule has 0 saturated carbocycles. The minimum atomic E-state index is -4.94. The van der Waals surface area contributed by atoms with Crippen LogP contribution in [-0.4, -0.2) is 96.0 Å². The summed E-state index contributed by atoms with van der Waals surface area (Å²) in [7, 11) is 3.91. The minimum Gasteiger partial charge on any atom is -0.475 e. The second-order valence-corrected chi connectivity index (χ2v) is 12.8. The van der Waals surface area contributed by atoms with Gasteiger partial charge in [-0.25, -0.2) is 13.8 Å². The molecule has 3 aromatic rings. The van der Waals surface area contributed by atoms with Gasteiger partial charge in [0.1, 0.15) is 41.8 Å². The van der Waals surface area contributed by atoms with Gasteiger partial charge in [-0.2, -0.15) is 23.1 Å². The number of pyridine rings is 1. The summed E-state index contributed by atoms with van der Waals surface area (Å²) in [5, 5.41) is -0.575. The fourth-order valence-electron chi connectivity index (χ4n) is 6.79. The van der Waals surface area contributed by atoms with Crippen molar-refractivity contribution < 1.29 is 31.4 Å². The summed E-state index contributed by atoms with van der Waals surface area (Å²) in [6.07, 6.45) is -3.26. The molecule has 6 rings (SSSR count). The number of fused-ring (bicyclic) bond motifs is 1. The average Bonchev–Trinajstić information content (AvgIpc) is 3.43. The largest absolute Gasteiger partial charge is 0.475 e. The third kappa shape index (κ3) is 5.92. The molecule has 45 heavy (non-hydrogen) atoms. The first-order valence-electron chi connectivity index (χ1n) is 14.9. The van der Waals surface area contributed by atoms with E-state index in [2.05, 4.69) is 14.9 Å². The molecule has 0 radical (unpaired) electrons. The molecule has 1 aromatic carbocycles. The Morgan fingerprint density at radius 2 is 2.00 bits per heavy atom. The zero-order valence-corrected chi connectivity index (χ0v) is 26.0. The second kappa shape index (κ2) is 11.8. The van der Waals surface area contributed by atoms with E-state index in [-0.39, 0.29) is 47.7 Å². The molecular weight excluding hydrogens is 621 g/mol. The highest BCUT2D eigenvalue weighted by molar-refractivity contribution is 6.32. The fraction of sp³-hybridized carbons (Fsp3) is 0.567. The van der Waals surface area contributed by atoms with Crippen LogP contribution in [0.25, 0.3) is 22.2 Å². The van der Waals surface area contributed by atoms with Crippen LogP contribution < -0.4 is 20.1 Å². The van der Waals surface area contributed by atoms with Gasteiger partial charge in [-0.3, -0.25) is 4.90 Å². The molecule has 3 aliphatic heterocycles. The van der Waals surface area contributed by atoms with Crippen molar-refractivity contribution in [3.8, 4) is 23.1 Å². The summed E-state index contributed by atoms with van der Waals surface area (Å²) < 4.78 is 85.8. The van der Waals surface area contributed by atoms with Crippen molar-refractivity contribution in [2.45, 2.75) is 56.5 Å². The Kier molecular flexibility index (Phi) is 8.36. The van der Waals surface area contributed by atoms with Gasteiger partial charge in [0, 0.05) is 30.8 Å². The quantitative estimate of drug-likeness (QED) is 0.247. The van der Waals surface area contributed by atoms with Crippen LogP contribution in [0.3, 0.4) is 0 Å². The highest BCUT2D eigenvalue weighted by atomic mass is 35.5. The number of nitrogens with zero attached hydrogens (tertiary/aromatic N) is 6. The highest BCUT2D eigenvalue weighted by Crippen LogP contribution is 2.46. The molecule has 3 aliphatic rings. The predicted octanol–water partition coefficient (Wildman–Crippen LogP) is 5.58. The zero-order valence-electron chi connectivity index (χ0n) is 25.2. The van der Waals surface area contributed by atoms with Crippen molar-refractivity contribution in [1.29, 1.82) is 0 Å². The first-order valence-corrected chi connectivity index (χ1v) is 15.3. The molecular formula is C30H35ClF5N7O2. The van der Waals surface area contributed by atoms with E-state index in [1.54, 1.807) is 0 Å². The van der Waals surface area contributed by atoms with Crippen molar-refractivity contribution in [2.75, 3.05) is 64.1 Å². The molecule has 0 bridgehead atoms. The number of nitrogens with two attached hydrogens (primary N) is 1. The maximum Gasteiger partial charge on any atom is 0.418 e. The van der Waals surface area contributed by atoms with Crippen LogP contribution in [0.5, 0.6) is 11.9 Å². The number of ether oxygens (including phenoxy) is 2. The summed E-state index contributed by atoms with van der Waals surface area (Å²) in [6, 6.07) is 1.50. The SMILES string of the molecule is CC1COc2nc(-c3cc(N)cc(Cl)c3C(F)(F)F)c(F)c3nc(OC[C@@]45CCCN4C[C@H](F)C5)nc(c23)N1CCCN(C)C. The van der Waals surface area contributed by atoms with E-state index >= 15 is 4.39 Å². The third-order valence-electron chi connectivity index (χ3n) is 8.86. The van der Waals surface area contributed by atoms with Crippen molar-refractivity contribution in [3.05, 3.63) is 28.5 Å². The van der Waals surface area contributed by atoms with Gasteiger partial charge in [0.25, 0.3) is 0 Å². The number of alkyl halides is 4. The van der Waals surface area contributed by atoms with Crippen LogP contribution >= 0.6 is 11.6 Å². The molecule has 0 aliphatic carbocycles. The number of nitrogen functional groups attached to an aromatic ring is 1. The lowest BCUT2D eigenvalue weighted by molar-refractivity contribution is -0.137. The first-order chi connectivity index (χ1) is 21.3. The molecule has 2 aromatic heterocycles. The van der Waals surface area contributed by atoms with Gasteiger partial charge in [0.05, 0.1) is 22.2 Å². The van der Waals surface area contributed by atoms with Gasteiger partial charge in [-0.05, 0) is 65.5 Å². The predicted molar refractivity (Wildman–Crippen MR) is 161 cm³/mol. The van der Waals surface area contributed by atoms with Gasteiger partial charge in [-0.1, -0.05) is 11.6 Å². The maximum atomic E-state index is 16.6. The number of aromatic nitrogens is 3. The minimum absolute atomic E-state index is 0.0838. The van der Waals surface area contributed by atoms with Crippen LogP contribution in [0.2, 0.25) is 5.02 Å². The van der Waals surface area contributed by atoms with Crippen molar-refractivity contribution in [3.63, 3.8) is 0 Å². The summed E-state index contributed by atoms with van der Waals surface area (Å²) >= 11 is 6.00. The Balaban J connectivity index is 1.52. The summed E-state index contributed by atoms with van der Waals surface area (Å²) in [4.78, 5) is 19.4. The first kappa shape index (κ1) is 31.7. The molecule has 9 nitrogen and oxygen atoms in total. The molecule has 1 unspecified atom stereocenters. The number of benzene rings is 1. The third-order valence-corrected chi connectivity index (χ3v) is 9.16. The molecule has 2 saturated heterocycles. The van der Waals surface area contributed by atoms with Crippen molar-refractivity contribution in [2.24, 2.45) is 0 Å². The normalized spacial score (nSPS) is 23.5. The summed E-state index contributed by atoms with van der Waals surface area (Å²) in [6.45, 7) is 4.43. The Labute approximate surface area is 262 Å². The number of rotatable bonds is 8. The van der Waals surface area contributed by atoms with Crippen LogP contribution in [0.4, 0.5) is 33.5 Å². The van der Waals surface area contributed by atoms with E-state index in [1.807, 2.05) is 30.8 Å². The van der Waals surface area contributed by atoms with Crippen LogP contribution in [0.1, 0.15) is 38.2 Å². The van der Waals surface area contributed by atoms with Gasteiger partial charge in [0.15, 0.2) is 5.82 Å². The standard InChI is InChI=1S/C30H35ClF5N7O2/c1-16-14-44-27-21-25(23(33)24(38-27)19-10-18(37)11-20(31)22(19)30(34,35)36)39-28(40-26(21)43(16)9-5-7-41(2)3)45-15-29-6-4-8-42(29)13-17(32)12-29/h10-11,16-17H,4-9,12-15,37H2,1-3H3/t16?,17-,29+/m1/s1. The molecule has 0 amide bonds. The lowest BCUT2D eigenvalue weighted by Crippen LogP contribution is -2.43. The molecule has 3 atom stereocenters. The van der Waals surface area contributed by atoms with E-state index < -0.39 is 45.5 Å². The Hall–Kier alpha value is -3.23. The number of hydrogen-bond donors (Lipinski definition) is 1. The molecule has 5 heterocycles. The number of anilines is 2. The maximum absolute atomic E-state index is 16.6. The monoisotopic (exact) mass is 655 g/mol. The highest BCUT2D eigenvalue weighted by Gasteiger charge is 2.49. The van der Waals surface area contributed by atoms with Crippen LogP contribution in [0.15, 0.2) is 12.1 Å². The van der Waals surface area contributed by atoms with Crippen LogP contribution in [-0.2, 0) is 6.18 Å². The lowest BCUT2D eigenvalue weighted by atomic mass is 9.95.